The van der Waals surface area contributed by atoms with E-state index >= 15 is 0 Å². The summed E-state index contributed by atoms with van der Waals surface area (Å²) < 4.78 is 31.8. The third-order valence-electron chi connectivity index (χ3n) is 5.73. The molecule has 2 aromatic carbocycles. The molecule has 0 unspecified atom stereocenters. The molecule has 0 N–H and O–H groups in total. The van der Waals surface area contributed by atoms with Gasteiger partial charge < -0.3 is 13.9 Å². The van der Waals surface area contributed by atoms with Gasteiger partial charge in [-0.2, -0.15) is 5.26 Å². The molecule has 0 bridgehead atoms. The normalized spacial score (nSPS) is 14.2. The van der Waals surface area contributed by atoms with Crippen LogP contribution in [0.5, 0.6) is 11.5 Å². The van der Waals surface area contributed by atoms with Crippen molar-refractivity contribution in [3.63, 3.8) is 0 Å². The maximum atomic E-state index is 13.2. The number of pyridine rings is 1. The Morgan fingerprint density at radius 2 is 1.91 bits per heavy atom. The summed E-state index contributed by atoms with van der Waals surface area (Å²) in [5, 5.41) is 9.65. The number of hydrogen-bond acceptors (Lipinski definition) is 5. The van der Waals surface area contributed by atoms with Crippen molar-refractivity contribution < 1.29 is 18.3 Å². The SMILES string of the molecule is COc1cc(-n2ccc3oc(-c4ccc(F)cc4)cc3c2=O)ccc1OCC1(C#N)CC1. The molecule has 0 amide bonds. The molecule has 0 saturated heterocycles. The van der Waals surface area contributed by atoms with Gasteiger partial charge >= 0.3 is 0 Å². The van der Waals surface area contributed by atoms with Gasteiger partial charge in [0.2, 0.25) is 0 Å². The molecule has 160 valence electrons. The van der Waals surface area contributed by atoms with Crippen molar-refractivity contribution >= 4 is 11.0 Å². The van der Waals surface area contributed by atoms with E-state index < -0.39 is 5.41 Å². The Morgan fingerprint density at radius 1 is 1.12 bits per heavy atom. The second-order valence-electron chi connectivity index (χ2n) is 7.90. The van der Waals surface area contributed by atoms with Crippen LogP contribution >= 0.6 is 0 Å². The van der Waals surface area contributed by atoms with Gasteiger partial charge in [-0.3, -0.25) is 9.36 Å². The van der Waals surface area contributed by atoms with Gasteiger partial charge in [0.25, 0.3) is 5.56 Å². The molecule has 7 heteroatoms. The Balaban J connectivity index is 1.48. The standard InChI is InChI=1S/C25H19FN2O4/c1-30-23-12-18(6-7-21(23)31-15-25(14-27)9-10-25)28-11-8-20-19(24(28)29)13-22(32-20)16-2-4-17(26)5-3-16/h2-8,11-13H,9-10,15H2,1H3. The predicted octanol–water partition coefficient (Wildman–Crippen LogP) is 5.08. The van der Waals surface area contributed by atoms with Crippen LogP contribution in [-0.4, -0.2) is 18.3 Å². The zero-order chi connectivity index (χ0) is 22.3. The van der Waals surface area contributed by atoms with Crippen LogP contribution in [0.2, 0.25) is 0 Å². The highest BCUT2D eigenvalue weighted by atomic mass is 19.1. The van der Waals surface area contributed by atoms with E-state index in [-0.39, 0.29) is 11.4 Å². The van der Waals surface area contributed by atoms with Gasteiger partial charge in [-0.25, -0.2) is 4.39 Å². The van der Waals surface area contributed by atoms with Crippen LogP contribution in [0, 0.1) is 22.6 Å². The van der Waals surface area contributed by atoms with Crippen LogP contribution in [-0.2, 0) is 0 Å². The van der Waals surface area contributed by atoms with Crippen molar-refractivity contribution in [2.24, 2.45) is 5.41 Å². The fraction of sp³-hybridized carbons (Fsp3) is 0.200. The molecule has 0 aliphatic heterocycles. The molecule has 6 nitrogen and oxygen atoms in total. The Bertz CT molecular complexity index is 1410. The topological polar surface area (TPSA) is 77.4 Å². The molecule has 1 fully saturated rings. The van der Waals surface area contributed by atoms with Gasteiger partial charge in [0.1, 0.15) is 23.8 Å². The summed E-state index contributed by atoms with van der Waals surface area (Å²) >= 11 is 0. The van der Waals surface area contributed by atoms with Crippen molar-refractivity contribution in [1.82, 2.24) is 4.57 Å². The lowest BCUT2D eigenvalue weighted by Crippen LogP contribution is -2.17. The molecule has 1 aliphatic rings. The molecule has 2 aromatic heterocycles. The van der Waals surface area contributed by atoms with Crippen LogP contribution in [0.3, 0.4) is 0 Å². The average Bonchev–Trinajstić information content (AvgIpc) is 3.47. The Labute approximate surface area is 183 Å². The summed E-state index contributed by atoms with van der Waals surface area (Å²) in [5.41, 5.74) is 1.09. The Morgan fingerprint density at radius 3 is 2.59 bits per heavy atom. The van der Waals surface area contributed by atoms with E-state index in [9.17, 15) is 14.4 Å². The highest BCUT2D eigenvalue weighted by molar-refractivity contribution is 5.82. The molecular formula is C25H19FN2O4. The zero-order valence-electron chi connectivity index (χ0n) is 17.3. The summed E-state index contributed by atoms with van der Waals surface area (Å²) in [6.07, 6.45) is 3.31. The minimum absolute atomic E-state index is 0.253. The number of aromatic nitrogens is 1. The second-order valence-corrected chi connectivity index (χ2v) is 7.90. The van der Waals surface area contributed by atoms with Gasteiger partial charge in [-0.05, 0) is 61.4 Å². The summed E-state index contributed by atoms with van der Waals surface area (Å²) in [5.74, 6) is 1.15. The highest BCUT2D eigenvalue weighted by Crippen LogP contribution is 2.45. The minimum Gasteiger partial charge on any atom is -0.493 e. The molecule has 2 heterocycles. The number of halogens is 1. The number of rotatable bonds is 6. The quantitative estimate of drug-likeness (QED) is 0.426. The van der Waals surface area contributed by atoms with Crippen molar-refractivity contribution in [2.45, 2.75) is 12.8 Å². The van der Waals surface area contributed by atoms with Gasteiger partial charge in [0.05, 0.1) is 29.7 Å². The summed E-state index contributed by atoms with van der Waals surface area (Å²) in [6.45, 7) is 0.312. The van der Waals surface area contributed by atoms with Crippen molar-refractivity contribution in [1.29, 1.82) is 5.26 Å². The van der Waals surface area contributed by atoms with Crippen LogP contribution in [0.1, 0.15) is 12.8 Å². The van der Waals surface area contributed by atoms with Crippen LogP contribution < -0.4 is 15.0 Å². The molecule has 0 atom stereocenters. The van der Waals surface area contributed by atoms with Gasteiger partial charge in [0, 0.05) is 17.8 Å². The summed E-state index contributed by atoms with van der Waals surface area (Å²) in [4.78, 5) is 13.2. The zero-order valence-corrected chi connectivity index (χ0v) is 17.3. The third kappa shape index (κ3) is 3.50. The maximum absolute atomic E-state index is 13.2. The van der Waals surface area contributed by atoms with Crippen molar-refractivity contribution in [2.75, 3.05) is 13.7 Å². The predicted molar refractivity (Wildman–Crippen MR) is 117 cm³/mol. The number of methoxy groups -OCH3 is 1. The number of fused-ring (bicyclic) bond motifs is 1. The van der Waals surface area contributed by atoms with Gasteiger partial charge in [-0.1, -0.05) is 0 Å². The average molecular weight is 430 g/mol. The lowest BCUT2D eigenvalue weighted by atomic mass is 10.1. The number of ether oxygens (including phenoxy) is 2. The molecule has 1 saturated carbocycles. The maximum Gasteiger partial charge on any atom is 0.266 e. The molecule has 1 aliphatic carbocycles. The first-order valence-corrected chi connectivity index (χ1v) is 10.2. The fourth-order valence-corrected chi connectivity index (χ4v) is 3.58. The second kappa shape index (κ2) is 7.57. The fourth-order valence-electron chi connectivity index (χ4n) is 3.58. The first-order chi connectivity index (χ1) is 15.5. The van der Waals surface area contributed by atoms with Gasteiger partial charge in [-0.15, -0.1) is 0 Å². The molecule has 0 spiro atoms. The number of nitrogens with zero attached hydrogens (tertiary/aromatic N) is 2. The number of furan rings is 1. The van der Waals surface area contributed by atoms with E-state index in [1.165, 1.54) is 23.8 Å². The van der Waals surface area contributed by atoms with E-state index in [0.29, 0.717) is 46.1 Å². The van der Waals surface area contributed by atoms with Gasteiger partial charge in [0.15, 0.2) is 11.5 Å². The van der Waals surface area contributed by atoms with E-state index in [0.717, 1.165) is 12.8 Å². The molecule has 0 radical (unpaired) electrons. The van der Waals surface area contributed by atoms with Crippen molar-refractivity contribution in [3.05, 3.63) is 77.0 Å². The minimum atomic E-state index is -0.394. The van der Waals surface area contributed by atoms with E-state index in [2.05, 4.69) is 6.07 Å². The lowest BCUT2D eigenvalue weighted by Gasteiger charge is -2.14. The molecule has 5 rings (SSSR count). The smallest absolute Gasteiger partial charge is 0.266 e. The van der Waals surface area contributed by atoms with E-state index in [4.69, 9.17) is 13.9 Å². The van der Waals surface area contributed by atoms with Crippen LogP contribution in [0.25, 0.3) is 28.0 Å². The third-order valence-corrected chi connectivity index (χ3v) is 5.73. The first kappa shape index (κ1) is 19.9. The molecule has 4 aromatic rings. The summed E-state index contributed by atoms with van der Waals surface area (Å²) in [7, 11) is 1.53. The van der Waals surface area contributed by atoms with Crippen LogP contribution in [0.15, 0.2) is 70.0 Å². The van der Waals surface area contributed by atoms with E-state index in [1.54, 1.807) is 48.7 Å². The van der Waals surface area contributed by atoms with Crippen molar-refractivity contribution in [3.8, 4) is 34.6 Å². The summed E-state index contributed by atoms with van der Waals surface area (Å²) in [6, 6.07) is 16.8. The largest absolute Gasteiger partial charge is 0.493 e. The number of nitriles is 1. The molecule has 32 heavy (non-hydrogen) atoms. The van der Waals surface area contributed by atoms with E-state index in [1.807, 2.05) is 0 Å². The highest BCUT2D eigenvalue weighted by Gasteiger charge is 2.44. The number of hydrogen-bond donors (Lipinski definition) is 0. The first-order valence-electron chi connectivity index (χ1n) is 10.2. The molecular weight excluding hydrogens is 411 g/mol. The number of benzene rings is 2. The lowest BCUT2D eigenvalue weighted by molar-refractivity contribution is 0.255. The Kier molecular flexibility index (Phi) is 4.71. The monoisotopic (exact) mass is 430 g/mol. The Hall–Kier alpha value is -4.05. The van der Waals surface area contributed by atoms with Crippen LogP contribution in [0.4, 0.5) is 4.39 Å².